The highest BCUT2D eigenvalue weighted by atomic mass is 32.1. The van der Waals surface area contributed by atoms with E-state index in [-0.39, 0.29) is 19.1 Å². The molecule has 1 heterocycles. The van der Waals surface area contributed by atoms with Gasteiger partial charge in [-0.15, -0.1) is 11.3 Å². The van der Waals surface area contributed by atoms with E-state index in [1.54, 1.807) is 24.3 Å². The molecule has 20 heavy (non-hydrogen) atoms. The minimum Gasteiger partial charge on any atom is -0.491 e. The van der Waals surface area contributed by atoms with Crippen molar-refractivity contribution in [1.82, 2.24) is 0 Å². The number of carbonyl (C=O) groups is 1. The SMILES string of the molecule is Cc1cc(C(=O)Nc2ccc(OCCO)cc2)sc1C. The van der Waals surface area contributed by atoms with Crippen LogP contribution in [0, 0.1) is 13.8 Å². The monoisotopic (exact) mass is 291 g/mol. The summed E-state index contributed by atoms with van der Waals surface area (Å²) in [6.07, 6.45) is 0. The number of carbonyl (C=O) groups excluding carboxylic acids is 1. The van der Waals surface area contributed by atoms with Crippen molar-refractivity contribution in [3.8, 4) is 5.75 Å². The number of nitrogens with one attached hydrogen (secondary N) is 1. The van der Waals surface area contributed by atoms with E-state index in [1.165, 1.54) is 11.3 Å². The predicted molar refractivity (Wildman–Crippen MR) is 80.8 cm³/mol. The number of aliphatic hydroxyl groups excluding tert-OH is 1. The number of aliphatic hydroxyl groups is 1. The molecule has 0 aliphatic rings. The van der Waals surface area contributed by atoms with Gasteiger partial charge in [-0.3, -0.25) is 4.79 Å². The van der Waals surface area contributed by atoms with Crippen LogP contribution in [0.5, 0.6) is 5.75 Å². The number of aryl methyl sites for hydroxylation is 2. The molecule has 0 bridgehead atoms. The van der Waals surface area contributed by atoms with Gasteiger partial charge in [0.1, 0.15) is 12.4 Å². The van der Waals surface area contributed by atoms with Crippen LogP contribution in [0.15, 0.2) is 30.3 Å². The summed E-state index contributed by atoms with van der Waals surface area (Å²) in [6.45, 7) is 4.25. The van der Waals surface area contributed by atoms with Crippen LogP contribution >= 0.6 is 11.3 Å². The van der Waals surface area contributed by atoms with Crippen LogP contribution in [0.1, 0.15) is 20.1 Å². The van der Waals surface area contributed by atoms with Gasteiger partial charge in [0.2, 0.25) is 0 Å². The van der Waals surface area contributed by atoms with Crippen molar-refractivity contribution in [3.05, 3.63) is 45.6 Å². The molecule has 0 spiro atoms. The standard InChI is InChI=1S/C15H17NO3S/c1-10-9-14(20-11(10)2)15(18)16-12-3-5-13(6-4-12)19-8-7-17/h3-6,9,17H,7-8H2,1-2H3,(H,16,18). The average molecular weight is 291 g/mol. The van der Waals surface area contributed by atoms with Crippen LogP contribution in [0.3, 0.4) is 0 Å². The highest BCUT2D eigenvalue weighted by molar-refractivity contribution is 7.14. The van der Waals surface area contributed by atoms with E-state index in [4.69, 9.17) is 9.84 Å². The van der Waals surface area contributed by atoms with Gasteiger partial charge in [-0.25, -0.2) is 0 Å². The Labute approximate surface area is 122 Å². The van der Waals surface area contributed by atoms with Gasteiger partial charge in [0.05, 0.1) is 11.5 Å². The van der Waals surface area contributed by atoms with E-state index in [2.05, 4.69) is 5.32 Å². The van der Waals surface area contributed by atoms with Crippen molar-refractivity contribution in [2.24, 2.45) is 0 Å². The maximum atomic E-state index is 12.1. The first-order valence-electron chi connectivity index (χ1n) is 6.32. The Morgan fingerprint density at radius 1 is 1.30 bits per heavy atom. The quantitative estimate of drug-likeness (QED) is 0.890. The molecule has 0 aliphatic carbocycles. The molecular weight excluding hydrogens is 274 g/mol. The van der Waals surface area contributed by atoms with Gasteiger partial charge in [-0.1, -0.05) is 0 Å². The lowest BCUT2D eigenvalue weighted by Gasteiger charge is -2.06. The first kappa shape index (κ1) is 14.6. The highest BCUT2D eigenvalue weighted by Gasteiger charge is 2.10. The minimum atomic E-state index is -0.102. The Kier molecular flexibility index (Phi) is 4.76. The summed E-state index contributed by atoms with van der Waals surface area (Å²) >= 11 is 1.49. The molecule has 5 heteroatoms. The molecule has 0 saturated carbocycles. The lowest BCUT2D eigenvalue weighted by Crippen LogP contribution is -2.10. The fraction of sp³-hybridized carbons (Fsp3) is 0.267. The van der Waals surface area contributed by atoms with Crippen LogP contribution in [0.2, 0.25) is 0 Å². The number of anilines is 1. The first-order chi connectivity index (χ1) is 9.60. The molecule has 4 nitrogen and oxygen atoms in total. The summed E-state index contributed by atoms with van der Waals surface area (Å²) in [6, 6.07) is 8.97. The Bertz CT molecular complexity index is 570. The smallest absolute Gasteiger partial charge is 0.265 e. The maximum absolute atomic E-state index is 12.1. The predicted octanol–water partition coefficient (Wildman–Crippen LogP) is 2.99. The molecule has 1 aromatic carbocycles. The molecule has 0 saturated heterocycles. The number of amides is 1. The number of benzene rings is 1. The maximum Gasteiger partial charge on any atom is 0.265 e. The van der Waals surface area contributed by atoms with Gasteiger partial charge in [0, 0.05) is 10.6 Å². The molecule has 0 fully saturated rings. The molecule has 0 radical (unpaired) electrons. The molecular formula is C15H17NO3S. The number of rotatable bonds is 5. The third kappa shape index (κ3) is 3.59. The Hall–Kier alpha value is -1.85. The van der Waals surface area contributed by atoms with Crippen LogP contribution in [-0.4, -0.2) is 24.2 Å². The lowest BCUT2D eigenvalue weighted by atomic mass is 10.2. The van der Waals surface area contributed by atoms with Gasteiger partial charge in [-0.05, 0) is 49.7 Å². The van der Waals surface area contributed by atoms with Crippen LogP contribution in [-0.2, 0) is 0 Å². The number of hydrogen-bond donors (Lipinski definition) is 2. The van der Waals surface area contributed by atoms with Crippen molar-refractivity contribution in [2.75, 3.05) is 18.5 Å². The number of thiophene rings is 1. The second kappa shape index (κ2) is 6.54. The van der Waals surface area contributed by atoms with Gasteiger partial charge in [-0.2, -0.15) is 0 Å². The van der Waals surface area contributed by atoms with Gasteiger partial charge >= 0.3 is 0 Å². The summed E-state index contributed by atoms with van der Waals surface area (Å²) in [7, 11) is 0. The first-order valence-corrected chi connectivity index (χ1v) is 7.14. The molecule has 2 N–H and O–H groups in total. The Morgan fingerprint density at radius 2 is 2.00 bits per heavy atom. The molecule has 0 aliphatic heterocycles. The van der Waals surface area contributed by atoms with E-state index in [0.29, 0.717) is 10.6 Å². The Morgan fingerprint density at radius 3 is 2.55 bits per heavy atom. The highest BCUT2D eigenvalue weighted by Crippen LogP contribution is 2.22. The van der Waals surface area contributed by atoms with Crippen LogP contribution < -0.4 is 10.1 Å². The van der Waals surface area contributed by atoms with E-state index in [0.717, 1.165) is 16.1 Å². The molecule has 1 amide bonds. The van der Waals surface area contributed by atoms with Gasteiger partial charge in [0.15, 0.2) is 0 Å². The number of hydrogen-bond acceptors (Lipinski definition) is 4. The summed E-state index contributed by atoms with van der Waals surface area (Å²) in [5, 5.41) is 11.5. The summed E-state index contributed by atoms with van der Waals surface area (Å²) in [4.78, 5) is 13.9. The van der Waals surface area contributed by atoms with Crippen molar-refractivity contribution in [3.63, 3.8) is 0 Å². The fourth-order valence-corrected chi connectivity index (χ4v) is 2.60. The molecule has 2 aromatic rings. The third-order valence-electron chi connectivity index (χ3n) is 2.86. The van der Waals surface area contributed by atoms with Crippen molar-refractivity contribution >= 4 is 22.9 Å². The van der Waals surface area contributed by atoms with Crippen molar-refractivity contribution in [1.29, 1.82) is 0 Å². The second-order valence-corrected chi connectivity index (χ2v) is 5.66. The molecule has 0 atom stereocenters. The average Bonchev–Trinajstić information content (AvgIpc) is 2.78. The van der Waals surface area contributed by atoms with Crippen molar-refractivity contribution in [2.45, 2.75) is 13.8 Å². The molecule has 106 valence electrons. The van der Waals surface area contributed by atoms with E-state index < -0.39 is 0 Å². The largest absolute Gasteiger partial charge is 0.491 e. The van der Waals surface area contributed by atoms with Gasteiger partial charge < -0.3 is 15.2 Å². The van der Waals surface area contributed by atoms with Crippen LogP contribution in [0.4, 0.5) is 5.69 Å². The zero-order valence-corrected chi connectivity index (χ0v) is 12.3. The third-order valence-corrected chi connectivity index (χ3v) is 4.01. The summed E-state index contributed by atoms with van der Waals surface area (Å²) in [5.41, 5.74) is 1.85. The molecule has 1 aromatic heterocycles. The Balaban J connectivity index is 2.00. The van der Waals surface area contributed by atoms with E-state index in [9.17, 15) is 4.79 Å². The molecule has 2 rings (SSSR count). The summed E-state index contributed by atoms with van der Waals surface area (Å²) < 4.78 is 5.26. The van der Waals surface area contributed by atoms with Crippen molar-refractivity contribution < 1.29 is 14.6 Å². The van der Waals surface area contributed by atoms with E-state index >= 15 is 0 Å². The van der Waals surface area contributed by atoms with E-state index in [1.807, 2.05) is 19.9 Å². The number of ether oxygens (including phenoxy) is 1. The zero-order valence-electron chi connectivity index (χ0n) is 11.5. The normalized spacial score (nSPS) is 10.3. The zero-order chi connectivity index (χ0) is 14.5. The second-order valence-electron chi connectivity index (χ2n) is 4.40. The lowest BCUT2D eigenvalue weighted by molar-refractivity contribution is 0.103. The minimum absolute atomic E-state index is 0.0183. The molecule has 0 unspecified atom stereocenters. The van der Waals surface area contributed by atoms with Crippen LogP contribution in [0.25, 0.3) is 0 Å². The summed E-state index contributed by atoms with van der Waals surface area (Å²) in [5.74, 6) is 0.565. The fourth-order valence-electron chi connectivity index (χ4n) is 1.68. The topological polar surface area (TPSA) is 58.6 Å². The van der Waals surface area contributed by atoms with Gasteiger partial charge in [0.25, 0.3) is 5.91 Å².